The summed E-state index contributed by atoms with van der Waals surface area (Å²) in [5.41, 5.74) is 4.26. The van der Waals surface area contributed by atoms with Crippen LogP contribution in [0.15, 0.2) is 12.1 Å². The van der Waals surface area contributed by atoms with Crippen molar-refractivity contribution in [3.8, 4) is 5.75 Å². The zero-order valence-corrected chi connectivity index (χ0v) is 13.2. The van der Waals surface area contributed by atoms with Gasteiger partial charge < -0.3 is 14.4 Å². The van der Waals surface area contributed by atoms with Gasteiger partial charge in [-0.2, -0.15) is 0 Å². The van der Waals surface area contributed by atoms with E-state index in [1.165, 1.54) is 16.7 Å². The van der Waals surface area contributed by atoms with Gasteiger partial charge in [0.15, 0.2) is 0 Å². The summed E-state index contributed by atoms with van der Waals surface area (Å²) in [5, 5.41) is 0. The van der Waals surface area contributed by atoms with Crippen molar-refractivity contribution in [1.29, 1.82) is 0 Å². The van der Waals surface area contributed by atoms with Crippen molar-refractivity contribution in [3.05, 3.63) is 28.8 Å². The highest BCUT2D eigenvalue weighted by molar-refractivity contribution is 5.44. The Balaban J connectivity index is 1.83. The molecule has 3 rings (SSSR count). The molecule has 0 unspecified atom stereocenters. The van der Waals surface area contributed by atoms with Gasteiger partial charge in [-0.05, 0) is 37.6 Å². The molecule has 0 saturated carbocycles. The quantitative estimate of drug-likeness (QED) is 0.845. The van der Waals surface area contributed by atoms with Crippen LogP contribution in [0.1, 0.15) is 23.6 Å². The Morgan fingerprint density at radius 2 is 1.95 bits per heavy atom. The van der Waals surface area contributed by atoms with Gasteiger partial charge >= 0.3 is 0 Å². The maximum atomic E-state index is 5.90. The zero-order valence-electron chi connectivity index (χ0n) is 13.2. The van der Waals surface area contributed by atoms with Crippen molar-refractivity contribution < 1.29 is 9.47 Å². The Bertz CT molecular complexity index is 484. The largest absolute Gasteiger partial charge is 0.494 e. The minimum atomic E-state index is 0.727. The third-order valence-corrected chi connectivity index (χ3v) is 4.38. The van der Waals surface area contributed by atoms with Crippen molar-refractivity contribution in [2.24, 2.45) is 0 Å². The highest BCUT2D eigenvalue weighted by atomic mass is 16.5. The molecule has 1 fully saturated rings. The second kappa shape index (κ2) is 6.77. The molecule has 1 saturated heterocycles. The van der Waals surface area contributed by atoms with Crippen LogP contribution in [0.4, 0.5) is 0 Å². The van der Waals surface area contributed by atoms with Gasteiger partial charge in [-0.15, -0.1) is 0 Å². The number of hydrogen-bond acceptors (Lipinski definition) is 4. The lowest BCUT2D eigenvalue weighted by Gasteiger charge is -2.30. The topological polar surface area (TPSA) is 24.9 Å². The fourth-order valence-electron chi connectivity index (χ4n) is 3.19. The molecule has 4 heteroatoms. The van der Waals surface area contributed by atoms with E-state index in [4.69, 9.17) is 9.47 Å². The Morgan fingerprint density at radius 3 is 2.71 bits per heavy atom. The molecule has 0 bridgehead atoms. The van der Waals surface area contributed by atoms with Crippen LogP contribution in [-0.2, 0) is 24.2 Å². The van der Waals surface area contributed by atoms with Gasteiger partial charge in [0.1, 0.15) is 5.75 Å². The lowest BCUT2D eigenvalue weighted by molar-refractivity contribution is 0.0338. The van der Waals surface area contributed by atoms with Gasteiger partial charge in [0.2, 0.25) is 0 Å². The van der Waals surface area contributed by atoms with Crippen LogP contribution in [-0.4, -0.2) is 56.3 Å². The molecule has 0 N–H and O–H groups in total. The molecule has 116 valence electrons. The van der Waals surface area contributed by atoms with Gasteiger partial charge in [-0.1, -0.05) is 6.07 Å². The van der Waals surface area contributed by atoms with Gasteiger partial charge in [-0.3, -0.25) is 4.90 Å². The molecule has 2 aliphatic heterocycles. The fourth-order valence-corrected chi connectivity index (χ4v) is 3.19. The van der Waals surface area contributed by atoms with Crippen LogP contribution in [0.5, 0.6) is 5.75 Å². The molecule has 2 aliphatic rings. The predicted octanol–water partition coefficient (Wildman–Crippen LogP) is 1.91. The monoisotopic (exact) mass is 290 g/mol. The van der Waals surface area contributed by atoms with E-state index in [0.29, 0.717) is 0 Å². The third kappa shape index (κ3) is 3.57. The first-order valence-electron chi connectivity index (χ1n) is 8.02. The normalized spacial score (nSPS) is 20.3. The van der Waals surface area contributed by atoms with Crippen LogP contribution in [0.3, 0.4) is 0 Å². The third-order valence-electron chi connectivity index (χ3n) is 4.38. The lowest BCUT2D eigenvalue weighted by Crippen LogP contribution is -2.36. The van der Waals surface area contributed by atoms with Gasteiger partial charge in [0, 0.05) is 38.3 Å². The van der Waals surface area contributed by atoms with Crippen LogP contribution in [0.25, 0.3) is 0 Å². The fraction of sp³-hybridized carbons (Fsp3) is 0.647. The van der Waals surface area contributed by atoms with Gasteiger partial charge in [-0.25, -0.2) is 0 Å². The maximum Gasteiger partial charge on any atom is 0.124 e. The molecule has 21 heavy (non-hydrogen) atoms. The van der Waals surface area contributed by atoms with Crippen molar-refractivity contribution in [3.63, 3.8) is 0 Å². The number of hydrogen-bond donors (Lipinski definition) is 0. The average Bonchev–Trinajstić information content (AvgIpc) is 2.49. The molecule has 0 spiro atoms. The van der Waals surface area contributed by atoms with E-state index in [-0.39, 0.29) is 0 Å². The van der Waals surface area contributed by atoms with E-state index in [0.717, 1.165) is 64.7 Å². The van der Waals surface area contributed by atoms with E-state index in [2.05, 4.69) is 35.9 Å². The minimum absolute atomic E-state index is 0.727. The summed E-state index contributed by atoms with van der Waals surface area (Å²) in [7, 11) is 2.19. The summed E-state index contributed by atoms with van der Waals surface area (Å²) in [6, 6.07) is 4.65. The van der Waals surface area contributed by atoms with E-state index in [1.54, 1.807) is 0 Å². The Hall–Kier alpha value is -1.10. The van der Waals surface area contributed by atoms with Crippen LogP contribution >= 0.6 is 0 Å². The first-order valence-corrected chi connectivity index (χ1v) is 8.02. The molecular formula is C17H26N2O2. The van der Waals surface area contributed by atoms with E-state index in [1.807, 2.05) is 0 Å². The summed E-state index contributed by atoms with van der Waals surface area (Å²) in [4.78, 5) is 4.84. The van der Waals surface area contributed by atoms with E-state index in [9.17, 15) is 0 Å². The number of ether oxygens (including phenoxy) is 2. The van der Waals surface area contributed by atoms with E-state index < -0.39 is 0 Å². The number of rotatable bonds is 4. The Kier molecular flexibility index (Phi) is 4.78. The average molecular weight is 290 g/mol. The van der Waals surface area contributed by atoms with E-state index >= 15 is 0 Å². The number of likely N-dealkylation sites (N-methyl/N-ethyl adjacent to an activating group) is 1. The molecule has 0 amide bonds. The molecule has 0 atom stereocenters. The highest BCUT2D eigenvalue weighted by Crippen LogP contribution is 2.29. The Labute approximate surface area is 127 Å². The standard InChI is InChI=1S/C17H26N2O2/c1-3-21-17-11-15-12-18(2)5-4-14(15)10-16(17)13-19-6-8-20-9-7-19/h10-11H,3-9,12-13H2,1-2H3. The number of fused-ring (bicyclic) bond motifs is 1. The number of morpholine rings is 1. The predicted molar refractivity (Wildman–Crippen MR) is 83.7 cm³/mol. The van der Waals surface area contributed by atoms with Gasteiger partial charge in [0.05, 0.1) is 19.8 Å². The summed E-state index contributed by atoms with van der Waals surface area (Å²) >= 11 is 0. The highest BCUT2D eigenvalue weighted by Gasteiger charge is 2.19. The van der Waals surface area contributed by atoms with Crippen LogP contribution < -0.4 is 4.74 Å². The van der Waals surface area contributed by atoms with Crippen molar-refractivity contribution >= 4 is 0 Å². The first kappa shape index (κ1) is 14.8. The van der Waals surface area contributed by atoms with Crippen molar-refractivity contribution in [2.45, 2.75) is 26.4 Å². The lowest BCUT2D eigenvalue weighted by atomic mass is 9.96. The first-order chi connectivity index (χ1) is 10.3. The SMILES string of the molecule is CCOc1cc2c(cc1CN1CCOCC1)CCN(C)C2. The summed E-state index contributed by atoms with van der Waals surface area (Å²) < 4.78 is 11.3. The summed E-state index contributed by atoms with van der Waals surface area (Å²) in [5.74, 6) is 1.07. The second-order valence-electron chi connectivity index (χ2n) is 6.04. The maximum absolute atomic E-state index is 5.90. The van der Waals surface area contributed by atoms with Crippen LogP contribution in [0.2, 0.25) is 0 Å². The second-order valence-corrected chi connectivity index (χ2v) is 6.04. The molecule has 0 aromatic heterocycles. The molecule has 0 radical (unpaired) electrons. The molecule has 0 aliphatic carbocycles. The smallest absolute Gasteiger partial charge is 0.124 e. The minimum Gasteiger partial charge on any atom is -0.494 e. The number of benzene rings is 1. The molecule has 2 heterocycles. The Morgan fingerprint density at radius 1 is 1.14 bits per heavy atom. The summed E-state index contributed by atoms with van der Waals surface area (Å²) in [6.07, 6.45) is 1.15. The van der Waals surface area contributed by atoms with Crippen molar-refractivity contribution in [1.82, 2.24) is 9.80 Å². The summed E-state index contributed by atoms with van der Waals surface area (Å²) in [6.45, 7) is 9.68. The molecule has 1 aromatic rings. The molecule has 1 aromatic carbocycles. The number of nitrogens with zero attached hydrogens (tertiary/aromatic N) is 2. The zero-order chi connectivity index (χ0) is 14.7. The van der Waals surface area contributed by atoms with Crippen LogP contribution in [0, 0.1) is 0 Å². The van der Waals surface area contributed by atoms with Crippen molar-refractivity contribution in [2.75, 3.05) is 46.5 Å². The van der Waals surface area contributed by atoms with Gasteiger partial charge in [0.25, 0.3) is 0 Å². The molecular weight excluding hydrogens is 264 g/mol. The molecule has 4 nitrogen and oxygen atoms in total.